The van der Waals surface area contributed by atoms with Gasteiger partial charge in [0.2, 0.25) is 0 Å². The van der Waals surface area contributed by atoms with E-state index in [-0.39, 0.29) is 11.3 Å². The van der Waals surface area contributed by atoms with Crippen LogP contribution in [0.2, 0.25) is 0 Å². The van der Waals surface area contributed by atoms with E-state index in [0.29, 0.717) is 0 Å². The van der Waals surface area contributed by atoms with Crippen molar-refractivity contribution in [3.8, 4) is 0 Å². The quantitative estimate of drug-likeness (QED) is 0.328. The second-order valence-electron chi connectivity index (χ2n) is 3.24. The maximum atomic E-state index is 11.2. The molecule has 1 aliphatic heterocycles. The normalized spacial score (nSPS) is 20.7. The van der Waals surface area contributed by atoms with Crippen LogP contribution in [0.5, 0.6) is 0 Å². The minimum atomic E-state index is -1.20. The average molecular weight is 185 g/mol. The standard InChI is InChI=1S/C8H11NO4/c1-4(9)5-6(10)12-8(2,3)13-7(5)11/h9H2,1-3H3. The van der Waals surface area contributed by atoms with Crippen molar-refractivity contribution in [3.63, 3.8) is 0 Å². The Morgan fingerprint density at radius 3 is 1.92 bits per heavy atom. The first kappa shape index (κ1) is 9.57. The summed E-state index contributed by atoms with van der Waals surface area (Å²) in [5, 5.41) is 0. The Morgan fingerprint density at radius 2 is 1.62 bits per heavy atom. The molecule has 0 atom stereocenters. The van der Waals surface area contributed by atoms with Gasteiger partial charge >= 0.3 is 11.9 Å². The minimum Gasteiger partial charge on any atom is -0.419 e. The summed E-state index contributed by atoms with van der Waals surface area (Å²) in [5.74, 6) is -2.67. The monoisotopic (exact) mass is 185 g/mol. The van der Waals surface area contributed by atoms with Crippen molar-refractivity contribution in [1.29, 1.82) is 0 Å². The van der Waals surface area contributed by atoms with E-state index in [1.165, 1.54) is 20.8 Å². The second kappa shape index (κ2) is 2.76. The van der Waals surface area contributed by atoms with E-state index in [0.717, 1.165) is 0 Å². The van der Waals surface area contributed by atoms with Gasteiger partial charge in [0.15, 0.2) is 5.57 Å². The van der Waals surface area contributed by atoms with Crippen molar-refractivity contribution in [2.75, 3.05) is 0 Å². The molecule has 2 N–H and O–H groups in total. The van der Waals surface area contributed by atoms with E-state index in [1.807, 2.05) is 0 Å². The van der Waals surface area contributed by atoms with Gasteiger partial charge in [0.05, 0.1) is 0 Å². The van der Waals surface area contributed by atoms with E-state index >= 15 is 0 Å². The summed E-state index contributed by atoms with van der Waals surface area (Å²) in [4.78, 5) is 22.4. The largest absolute Gasteiger partial charge is 0.419 e. The molecule has 72 valence electrons. The molecule has 0 aromatic rings. The van der Waals surface area contributed by atoms with Gasteiger partial charge in [-0.1, -0.05) is 0 Å². The van der Waals surface area contributed by atoms with Gasteiger partial charge < -0.3 is 15.2 Å². The highest BCUT2D eigenvalue weighted by Crippen LogP contribution is 2.23. The zero-order valence-electron chi connectivity index (χ0n) is 7.71. The summed E-state index contributed by atoms with van der Waals surface area (Å²) >= 11 is 0. The van der Waals surface area contributed by atoms with Crippen molar-refractivity contribution in [2.45, 2.75) is 26.6 Å². The smallest absolute Gasteiger partial charge is 0.350 e. The Labute approximate surface area is 75.5 Å². The summed E-state index contributed by atoms with van der Waals surface area (Å²) in [6, 6.07) is 0. The Balaban J connectivity index is 3.04. The van der Waals surface area contributed by atoms with Gasteiger partial charge in [-0.3, -0.25) is 0 Å². The molecule has 0 aliphatic carbocycles. The SMILES string of the molecule is CC(N)=C1C(=O)OC(C)(C)OC1=O. The number of rotatable bonds is 0. The highest BCUT2D eigenvalue weighted by atomic mass is 16.7. The number of ether oxygens (including phenoxy) is 2. The number of nitrogens with two attached hydrogens (primary N) is 1. The molecule has 0 aromatic carbocycles. The molecule has 0 amide bonds. The van der Waals surface area contributed by atoms with Crippen LogP contribution in [0, 0.1) is 0 Å². The molecule has 5 heteroatoms. The molecular weight excluding hydrogens is 174 g/mol. The number of carbonyl (C=O) groups excluding carboxylic acids is 2. The topological polar surface area (TPSA) is 78.6 Å². The molecule has 1 saturated heterocycles. The van der Waals surface area contributed by atoms with Crippen LogP contribution in [0.15, 0.2) is 11.3 Å². The average Bonchev–Trinajstić information content (AvgIpc) is 1.78. The first-order valence-electron chi connectivity index (χ1n) is 3.76. The number of hydrogen-bond donors (Lipinski definition) is 1. The first-order valence-corrected chi connectivity index (χ1v) is 3.76. The Kier molecular flexibility index (Phi) is 2.03. The molecule has 13 heavy (non-hydrogen) atoms. The predicted molar refractivity (Wildman–Crippen MR) is 43.2 cm³/mol. The van der Waals surface area contributed by atoms with Gasteiger partial charge in [-0.25, -0.2) is 9.59 Å². The van der Waals surface area contributed by atoms with Crippen LogP contribution in [0.3, 0.4) is 0 Å². The molecule has 0 spiro atoms. The summed E-state index contributed by atoms with van der Waals surface area (Å²) in [6.07, 6.45) is 0. The molecule has 0 bridgehead atoms. The zero-order valence-corrected chi connectivity index (χ0v) is 7.71. The van der Waals surface area contributed by atoms with Gasteiger partial charge in [-0.15, -0.1) is 0 Å². The molecule has 0 unspecified atom stereocenters. The van der Waals surface area contributed by atoms with Crippen molar-refractivity contribution in [3.05, 3.63) is 11.3 Å². The molecule has 1 heterocycles. The van der Waals surface area contributed by atoms with Gasteiger partial charge in [0.25, 0.3) is 5.79 Å². The third kappa shape index (κ3) is 1.80. The Hall–Kier alpha value is -1.52. The summed E-state index contributed by atoms with van der Waals surface area (Å²) in [6.45, 7) is 4.40. The molecular formula is C8H11NO4. The van der Waals surface area contributed by atoms with Crippen molar-refractivity contribution < 1.29 is 19.1 Å². The fourth-order valence-electron chi connectivity index (χ4n) is 0.975. The van der Waals surface area contributed by atoms with Crippen molar-refractivity contribution >= 4 is 11.9 Å². The highest BCUT2D eigenvalue weighted by Gasteiger charge is 2.39. The Bertz CT molecular complexity index is 277. The summed E-state index contributed by atoms with van der Waals surface area (Å²) < 4.78 is 9.60. The molecule has 1 aliphatic rings. The van der Waals surface area contributed by atoms with Crippen LogP contribution in [-0.2, 0) is 19.1 Å². The first-order chi connectivity index (χ1) is 5.83. The lowest BCUT2D eigenvalue weighted by Gasteiger charge is -2.30. The number of allylic oxidation sites excluding steroid dienone is 1. The fraction of sp³-hybridized carbons (Fsp3) is 0.500. The van der Waals surface area contributed by atoms with Crippen molar-refractivity contribution in [2.24, 2.45) is 5.73 Å². The van der Waals surface area contributed by atoms with Crippen LogP contribution in [0.25, 0.3) is 0 Å². The zero-order chi connectivity index (χ0) is 10.2. The van der Waals surface area contributed by atoms with E-state index in [9.17, 15) is 9.59 Å². The molecule has 1 rings (SSSR count). The van der Waals surface area contributed by atoms with Crippen LogP contribution < -0.4 is 5.73 Å². The lowest BCUT2D eigenvalue weighted by Crippen LogP contribution is -2.42. The molecule has 0 saturated carbocycles. The minimum absolute atomic E-state index is 0.102. The molecule has 1 fully saturated rings. The van der Waals surface area contributed by atoms with Gasteiger partial charge in [0, 0.05) is 19.5 Å². The second-order valence-corrected chi connectivity index (χ2v) is 3.24. The number of cyclic esters (lactones) is 2. The van der Waals surface area contributed by atoms with E-state index in [4.69, 9.17) is 15.2 Å². The molecule has 0 radical (unpaired) electrons. The third-order valence-electron chi connectivity index (χ3n) is 1.48. The maximum Gasteiger partial charge on any atom is 0.350 e. The summed E-state index contributed by atoms with van der Waals surface area (Å²) in [7, 11) is 0. The van der Waals surface area contributed by atoms with Crippen molar-refractivity contribution in [1.82, 2.24) is 0 Å². The van der Waals surface area contributed by atoms with E-state index in [2.05, 4.69) is 0 Å². The van der Waals surface area contributed by atoms with Gasteiger partial charge in [0.1, 0.15) is 0 Å². The summed E-state index contributed by atoms with van der Waals surface area (Å²) in [5.41, 5.74) is 5.19. The van der Waals surface area contributed by atoms with E-state index in [1.54, 1.807) is 0 Å². The third-order valence-corrected chi connectivity index (χ3v) is 1.48. The lowest BCUT2D eigenvalue weighted by molar-refractivity contribution is -0.222. The van der Waals surface area contributed by atoms with Crippen LogP contribution in [0.4, 0.5) is 0 Å². The lowest BCUT2D eigenvalue weighted by atomic mass is 10.2. The maximum absolute atomic E-state index is 11.2. The van der Waals surface area contributed by atoms with Crippen LogP contribution >= 0.6 is 0 Å². The van der Waals surface area contributed by atoms with Gasteiger partial charge in [-0.05, 0) is 6.92 Å². The highest BCUT2D eigenvalue weighted by molar-refractivity contribution is 6.15. The fourth-order valence-corrected chi connectivity index (χ4v) is 0.975. The van der Waals surface area contributed by atoms with E-state index < -0.39 is 17.7 Å². The van der Waals surface area contributed by atoms with Crippen LogP contribution in [-0.4, -0.2) is 17.7 Å². The van der Waals surface area contributed by atoms with Crippen LogP contribution in [0.1, 0.15) is 20.8 Å². The number of carbonyl (C=O) groups is 2. The predicted octanol–water partition coefficient (Wildman–Crippen LogP) is 0.0552. The number of esters is 2. The molecule has 0 aromatic heterocycles. The van der Waals surface area contributed by atoms with Gasteiger partial charge in [-0.2, -0.15) is 0 Å². The molecule has 5 nitrogen and oxygen atoms in total. The number of hydrogen-bond acceptors (Lipinski definition) is 5. The Morgan fingerprint density at radius 1 is 1.23 bits per heavy atom.